The van der Waals surface area contributed by atoms with E-state index in [9.17, 15) is 4.39 Å². The smallest absolute Gasteiger partial charge is 0.168 e. The fourth-order valence-electron chi connectivity index (χ4n) is 1.59. The van der Waals surface area contributed by atoms with Crippen LogP contribution in [0.2, 0.25) is 0 Å². The van der Waals surface area contributed by atoms with E-state index in [4.69, 9.17) is 4.74 Å². The van der Waals surface area contributed by atoms with Gasteiger partial charge in [0, 0.05) is 5.56 Å². The van der Waals surface area contributed by atoms with E-state index >= 15 is 0 Å². The van der Waals surface area contributed by atoms with Crippen LogP contribution in [0.3, 0.4) is 0 Å². The van der Waals surface area contributed by atoms with Gasteiger partial charge in [-0.05, 0) is 19.5 Å². The molecule has 2 nitrogen and oxygen atoms in total. The molecule has 1 N–H and O–H groups in total. The quantitative estimate of drug-likeness (QED) is 0.713. The zero-order valence-corrected chi connectivity index (χ0v) is 7.73. The third-order valence-electron chi connectivity index (χ3n) is 2.44. The molecule has 1 aliphatic rings. The van der Waals surface area contributed by atoms with E-state index in [1.165, 1.54) is 0 Å². The van der Waals surface area contributed by atoms with E-state index in [-0.39, 0.29) is 11.9 Å². The SMILES string of the molecule is CNC1COc2c1ccc(C)c2F. The molecule has 1 aliphatic heterocycles. The molecule has 1 aromatic rings. The van der Waals surface area contributed by atoms with Crippen molar-refractivity contribution >= 4 is 0 Å². The Balaban J connectivity index is 2.50. The molecule has 0 aromatic heterocycles. The number of benzene rings is 1. The van der Waals surface area contributed by atoms with Gasteiger partial charge >= 0.3 is 0 Å². The first-order valence-corrected chi connectivity index (χ1v) is 4.33. The maximum absolute atomic E-state index is 13.5. The van der Waals surface area contributed by atoms with Gasteiger partial charge in [-0.3, -0.25) is 0 Å². The molecule has 0 aliphatic carbocycles. The minimum atomic E-state index is -0.227. The number of ether oxygens (including phenoxy) is 1. The zero-order valence-electron chi connectivity index (χ0n) is 7.73. The van der Waals surface area contributed by atoms with E-state index in [1.807, 2.05) is 13.1 Å². The van der Waals surface area contributed by atoms with Crippen molar-refractivity contribution in [2.24, 2.45) is 0 Å². The number of hydrogen-bond acceptors (Lipinski definition) is 2. The molecule has 1 unspecified atom stereocenters. The monoisotopic (exact) mass is 181 g/mol. The largest absolute Gasteiger partial charge is 0.488 e. The summed E-state index contributed by atoms with van der Waals surface area (Å²) < 4.78 is 18.7. The molecule has 0 bridgehead atoms. The summed E-state index contributed by atoms with van der Waals surface area (Å²) in [5.41, 5.74) is 1.56. The first-order chi connectivity index (χ1) is 6.24. The van der Waals surface area contributed by atoms with Gasteiger partial charge in [-0.25, -0.2) is 4.39 Å². The maximum atomic E-state index is 13.5. The zero-order chi connectivity index (χ0) is 9.42. The topological polar surface area (TPSA) is 21.3 Å². The molecule has 70 valence electrons. The van der Waals surface area contributed by atoms with Crippen LogP contribution >= 0.6 is 0 Å². The van der Waals surface area contributed by atoms with Crippen molar-refractivity contribution < 1.29 is 9.13 Å². The molecule has 1 aromatic carbocycles. The molecule has 3 heteroatoms. The first-order valence-electron chi connectivity index (χ1n) is 4.33. The highest BCUT2D eigenvalue weighted by Gasteiger charge is 2.26. The van der Waals surface area contributed by atoms with E-state index in [0.29, 0.717) is 17.9 Å². The van der Waals surface area contributed by atoms with Crippen molar-refractivity contribution in [1.29, 1.82) is 0 Å². The van der Waals surface area contributed by atoms with Crippen LogP contribution in [0.25, 0.3) is 0 Å². The first kappa shape index (κ1) is 8.51. The van der Waals surface area contributed by atoms with Crippen molar-refractivity contribution in [1.82, 2.24) is 5.32 Å². The number of fused-ring (bicyclic) bond motifs is 1. The van der Waals surface area contributed by atoms with Crippen molar-refractivity contribution in [2.75, 3.05) is 13.7 Å². The molecule has 13 heavy (non-hydrogen) atoms. The number of aryl methyl sites for hydroxylation is 1. The minimum Gasteiger partial charge on any atom is -0.488 e. The van der Waals surface area contributed by atoms with E-state index in [2.05, 4.69) is 5.32 Å². The van der Waals surface area contributed by atoms with Gasteiger partial charge in [-0.1, -0.05) is 12.1 Å². The number of hydrogen-bond donors (Lipinski definition) is 1. The highest BCUT2D eigenvalue weighted by atomic mass is 19.1. The van der Waals surface area contributed by atoms with Crippen LogP contribution in [0.4, 0.5) is 4.39 Å². The molecule has 1 heterocycles. The Bertz CT molecular complexity index is 338. The molecule has 0 saturated carbocycles. The van der Waals surface area contributed by atoms with Gasteiger partial charge in [0.15, 0.2) is 11.6 Å². The second-order valence-electron chi connectivity index (χ2n) is 3.27. The van der Waals surface area contributed by atoms with Crippen molar-refractivity contribution in [3.05, 3.63) is 29.1 Å². The molecule has 0 radical (unpaired) electrons. The van der Waals surface area contributed by atoms with Gasteiger partial charge in [-0.15, -0.1) is 0 Å². The number of rotatable bonds is 1. The highest BCUT2D eigenvalue weighted by Crippen LogP contribution is 2.35. The van der Waals surface area contributed by atoms with Crippen molar-refractivity contribution in [2.45, 2.75) is 13.0 Å². The molecular formula is C10H12FNO. The summed E-state index contributed by atoms with van der Waals surface area (Å²) >= 11 is 0. The standard InChI is InChI=1S/C10H12FNO/c1-6-3-4-7-8(12-2)5-13-10(7)9(6)11/h3-4,8,12H,5H2,1-2H3. The maximum Gasteiger partial charge on any atom is 0.168 e. The Morgan fingerprint density at radius 3 is 3.00 bits per heavy atom. The van der Waals surface area contributed by atoms with Crippen LogP contribution in [-0.4, -0.2) is 13.7 Å². The molecule has 2 rings (SSSR count). The number of nitrogens with one attached hydrogen (secondary N) is 1. The average Bonchev–Trinajstić information content (AvgIpc) is 2.55. The Labute approximate surface area is 76.7 Å². The van der Waals surface area contributed by atoms with Gasteiger partial charge in [0.1, 0.15) is 6.61 Å². The normalized spacial score (nSPS) is 19.8. The minimum absolute atomic E-state index is 0.130. The summed E-state index contributed by atoms with van der Waals surface area (Å²) in [6, 6.07) is 3.83. The Hall–Kier alpha value is -1.09. The van der Waals surface area contributed by atoms with Gasteiger partial charge in [0.05, 0.1) is 6.04 Å². The fourth-order valence-corrected chi connectivity index (χ4v) is 1.59. The summed E-state index contributed by atoms with van der Waals surface area (Å²) in [5, 5.41) is 3.08. The number of halogens is 1. The summed E-state index contributed by atoms with van der Waals surface area (Å²) in [4.78, 5) is 0. The Morgan fingerprint density at radius 1 is 1.54 bits per heavy atom. The van der Waals surface area contributed by atoms with Gasteiger partial charge in [-0.2, -0.15) is 0 Å². The highest BCUT2D eigenvalue weighted by molar-refractivity contribution is 5.43. The molecule has 0 spiro atoms. The third-order valence-corrected chi connectivity index (χ3v) is 2.44. The molecule has 0 saturated heterocycles. The molecular weight excluding hydrogens is 169 g/mol. The van der Waals surface area contributed by atoms with Crippen molar-refractivity contribution in [3.63, 3.8) is 0 Å². The van der Waals surface area contributed by atoms with Crippen LogP contribution in [0.1, 0.15) is 17.2 Å². The van der Waals surface area contributed by atoms with E-state index < -0.39 is 0 Å². The van der Waals surface area contributed by atoms with Gasteiger partial charge in [0.25, 0.3) is 0 Å². The van der Waals surface area contributed by atoms with Crippen LogP contribution in [0.5, 0.6) is 5.75 Å². The summed E-state index contributed by atoms with van der Waals surface area (Å²) in [7, 11) is 1.85. The van der Waals surface area contributed by atoms with Gasteiger partial charge < -0.3 is 10.1 Å². The van der Waals surface area contributed by atoms with Crippen molar-refractivity contribution in [3.8, 4) is 5.75 Å². The second-order valence-corrected chi connectivity index (χ2v) is 3.27. The predicted molar refractivity (Wildman–Crippen MR) is 48.4 cm³/mol. The summed E-state index contributed by atoms with van der Waals surface area (Å²) in [6.45, 7) is 2.26. The van der Waals surface area contributed by atoms with Crippen LogP contribution in [0.15, 0.2) is 12.1 Å². The fraction of sp³-hybridized carbons (Fsp3) is 0.400. The van der Waals surface area contributed by atoms with E-state index in [1.54, 1.807) is 13.0 Å². The summed E-state index contributed by atoms with van der Waals surface area (Å²) in [6.07, 6.45) is 0. The average molecular weight is 181 g/mol. The van der Waals surface area contributed by atoms with E-state index in [0.717, 1.165) is 5.56 Å². The van der Waals surface area contributed by atoms with Crippen LogP contribution in [-0.2, 0) is 0 Å². The second kappa shape index (κ2) is 3.00. The van der Waals surface area contributed by atoms with Gasteiger partial charge in [0.2, 0.25) is 0 Å². The lowest BCUT2D eigenvalue weighted by Crippen LogP contribution is -2.17. The summed E-state index contributed by atoms with van der Waals surface area (Å²) in [5.74, 6) is 0.189. The molecule has 0 fully saturated rings. The lowest BCUT2D eigenvalue weighted by atomic mass is 10.1. The number of likely N-dealkylation sites (N-methyl/N-ethyl adjacent to an activating group) is 1. The lowest BCUT2D eigenvalue weighted by Gasteiger charge is -2.06. The third kappa shape index (κ3) is 1.20. The predicted octanol–water partition coefficient (Wildman–Crippen LogP) is 1.79. The van der Waals surface area contributed by atoms with Crippen LogP contribution in [0, 0.1) is 12.7 Å². The molecule has 1 atom stereocenters. The Kier molecular flexibility index (Phi) is 1.96. The molecule has 0 amide bonds. The lowest BCUT2D eigenvalue weighted by molar-refractivity contribution is 0.306. The van der Waals surface area contributed by atoms with Crippen LogP contribution < -0.4 is 10.1 Å². The Morgan fingerprint density at radius 2 is 2.31 bits per heavy atom.